The van der Waals surface area contributed by atoms with Crippen molar-refractivity contribution in [2.24, 2.45) is 0 Å². The average molecular weight is 244 g/mol. The molecule has 0 unspecified atom stereocenters. The van der Waals surface area contributed by atoms with E-state index in [9.17, 15) is 15.3 Å². The molecular formula is C15H16O3. The maximum atomic E-state index is 9.91. The first-order chi connectivity index (χ1) is 8.41. The monoisotopic (exact) mass is 244 g/mol. The zero-order valence-electron chi connectivity index (χ0n) is 10.7. The molecule has 0 aromatic heterocycles. The van der Waals surface area contributed by atoms with Crippen LogP contribution in [0.5, 0.6) is 17.2 Å². The lowest BCUT2D eigenvalue weighted by Crippen LogP contribution is -1.89. The van der Waals surface area contributed by atoms with Crippen molar-refractivity contribution < 1.29 is 15.3 Å². The zero-order valence-corrected chi connectivity index (χ0v) is 10.7. The Morgan fingerprint density at radius 3 is 1.94 bits per heavy atom. The number of phenolic OH excluding ortho intramolecular Hbond substituents is 3. The highest BCUT2D eigenvalue weighted by molar-refractivity contribution is 5.78. The molecule has 3 nitrogen and oxygen atoms in total. The van der Waals surface area contributed by atoms with E-state index in [1.165, 1.54) is 11.6 Å². The third-order valence-electron chi connectivity index (χ3n) is 3.26. The number of rotatable bonds is 1. The van der Waals surface area contributed by atoms with E-state index in [1.54, 1.807) is 6.07 Å². The van der Waals surface area contributed by atoms with E-state index in [1.807, 2.05) is 32.9 Å². The maximum absolute atomic E-state index is 9.91. The van der Waals surface area contributed by atoms with Gasteiger partial charge >= 0.3 is 0 Å². The van der Waals surface area contributed by atoms with E-state index >= 15 is 0 Å². The van der Waals surface area contributed by atoms with Gasteiger partial charge in [-0.05, 0) is 55.2 Å². The Kier molecular flexibility index (Phi) is 2.91. The molecule has 2 aromatic rings. The summed E-state index contributed by atoms with van der Waals surface area (Å²) in [5.41, 5.74) is 4.68. The van der Waals surface area contributed by atoms with E-state index < -0.39 is 5.75 Å². The normalized spacial score (nSPS) is 10.6. The Morgan fingerprint density at radius 2 is 1.28 bits per heavy atom. The first-order valence-electron chi connectivity index (χ1n) is 5.74. The second-order valence-corrected chi connectivity index (χ2v) is 4.58. The molecule has 3 N–H and O–H groups in total. The molecule has 0 aliphatic carbocycles. The molecule has 0 atom stereocenters. The Hall–Kier alpha value is -2.16. The lowest BCUT2D eigenvalue weighted by molar-refractivity contribution is 0.369. The fraction of sp³-hybridized carbons (Fsp3) is 0.200. The predicted molar refractivity (Wildman–Crippen MR) is 71.1 cm³/mol. The van der Waals surface area contributed by atoms with Crippen molar-refractivity contribution in [3.05, 3.63) is 41.0 Å². The van der Waals surface area contributed by atoms with Crippen LogP contribution in [0.3, 0.4) is 0 Å². The van der Waals surface area contributed by atoms with Gasteiger partial charge in [0.05, 0.1) is 0 Å². The molecule has 0 aliphatic rings. The molecule has 0 saturated carbocycles. The Bertz CT molecular complexity index is 616. The molecule has 2 aromatic carbocycles. The summed E-state index contributed by atoms with van der Waals surface area (Å²) in [5.74, 6) is -1.09. The van der Waals surface area contributed by atoms with Gasteiger partial charge < -0.3 is 15.3 Å². The van der Waals surface area contributed by atoms with E-state index in [2.05, 4.69) is 0 Å². The summed E-state index contributed by atoms with van der Waals surface area (Å²) in [5, 5.41) is 28.8. The van der Waals surface area contributed by atoms with Crippen LogP contribution >= 0.6 is 0 Å². The van der Waals surface area contributed by atoms with Gasteiger partial charge in [-0.25, -0.2) is 0 Å². The maximum Gasteiger partial charge on any atom is 0.200 e. The topological polar surface area (TPSA) is 60.7 Å². The highest BCUT2D eigenvalue weighted by atomic mass is 16.3. The highest BCUT2D eigenvalue weighted by Gasteiger charge is 2.14. The second kappa shape index (κ2) is 4.26. The van der Waals surface area contributed by atoms with Crippen LogP contribution in [0.4, 0.5) is 0 Å². The summed E-state index contributed by atoms with van der Waals surface area (Å²) in [6.45, 7) is 5.97. The first-order valence-corrected chi connectivity index (χ1v) is 5.74. The van der Waals surface area contributed by atoms with Crippen LogP contribution in [0.2, 0.25) is 0 Å². The minimum atomic E-state index is -0.481. The SMILES string of the molecule is Cc1cc(C)c(-c2ccc(O)c(O)c2O)cc1C. The molecule has 2 rings (SSSR count). The molecule has 94 valence electrons. The number of hydrogen-bond acceptors (Lipinski definition) is 3. The number of benzene rings is 2. The summed E-state index contributed by atoms with van der Waals surface area (Å²) in [6, 6.07) is 6.98. The van der Waals surface area contributed by atoms with Crippen molar-refractivity contribution >= 4 is 0 Å². The highest BCUT2D eigenvalue weighted by Crippen LogP contribution is 2.43. The lowest BCUT2D eigenvalue weighted by Gasteiger charge is -2.12. The third kappa shape index (κ3) is 1.88. The Morgan fingerprint density at radius 1 is 0.667 bits per heavy atom. The second-order valence-electron chi connectivity index (χ2n) is 4.58. The minimum absolute atomic E-state index is 0.290. The molecule has 18 heavy (non-hydrogen) atoms. The molecule has 0 bridgehead atoms. The van der Waals surface area contributed by atoms with Gasteiger partial charge in [0.15, 0.2) is 11.5 Å². The summed E-state index contributed by atoms with van der Waals surface area (Å²) >= 11 is 0. The molecule has 0 fully saturated rings. The molecule has 0 aliphatic heterocycles. The number of phenols is 3. The van der Waals surface area contributed by atoms with Gasteiger partial charge in [0.25, 0.3) is 0 Å². The van der Waals surface area contributed by atoms with Crippen molar-refractivity contribution in [1.82, 2.24) is 0 Å². The van der Waals surface area contributed by atoms with Crippen LogP contribution in [0.15, 0.2) is 24.3 Å². The van der Waals surface area contributed by atoms with Crippen molar-refractivity contribution in [1.29, 1.82) is 0 Å². The van der Waals surface area contributed by atoms with Gasteiger partial charge in [-0.3, -0.25) is 0 Å². The average Bonchev–Trinajstić information content (AvgIpc) is 2.32. The first kappa shape index (κ1) is 12.3. The minimum Gasteiger partial charge on any atom is -0.504 e. The molecule has 0 spiro atoms. The number of aryl methyl sites for hydroxylation is 3. The Balaban J connectivity index is 2.70. The van der Waals surface area contributed by atoms with Gasteiger partial charge in [-0.15, -0.1) is 0 Å². The Labute approximate surface area is 106 Å². The zero-order chi connectivity index (χ0) is 13.4. The molecule has 0 radical (unpaired) electrons. The lowest BCUT2D eigenvalue weighted by atomic mass is 9.94. The summed E-state index contributed by atoms with van der Waals surface area (Å²) in [4.78, 5) is 0. The van der Waals surface area contributed by atoms with Gasteiger partial charge in [-0.2, -0.15) is 0 Å². The molecule has 0 saturated heterocycles. The smallest absolute Gasteiger partial charge is 0.200 e. The third-order valence-corrected chi connectivity index (χ3v) is 3.26. The predicted octanol–water partition coefficient (Wildman–Crippen LogP) is 3.40. The van der Waals surface area contributed by atoms with Crippen molar-refractivity contribution in [3.63, 3.8) is 0 Å². The van der Waals surface area contributed by atoms with E-state index in [0.717, 1.165) is 16.7 Å². The van der Waals surface area contributed by atoms with Crippen molar-refractivity contribution in [3.8, 4) is 28.4 Å². The summed E-state index contributed by atoms with van der Waals surface area (Å²) in [6.07, 6.45) is 0. The van der Waals surface area contributed by atoms with Crippen LogP contribution in [0, 0.1) is 20.8 Å². The fourth-order valence-corrected chi connectivity index (χ4v) is 2.04. The van der Waals surface area contributed by atoms with E-state index in [-0.39, 0.29) is 11.5 Å². The molecule has 0 heterocycles. The standard InChI is InChI=1S/C15H16O3/c1-8-6-10(3)12(7-9(8)2)11-4-5-13(16)15(18)14(11)17/h4-7,16-18H,1-3H3. The number of hydrogen-bond donors (Lipinski definition) is 3. The summed E-state index contributed by atoms with van der Waals surface area (Å²) < 4.78 is 0. The van der Waals surface area contributed by atoms with E-state index in [4.69, 9.17) is 0 Å². The van der Waals surface area contributed by atoms with Gasteiger partial charge in [0, 0.05) is 5.56 Å². The fourth-order valence-electron chi connectivity index (χ4n) is 2.04. The summed E-state index contributed by atoms with van der Waals surface area (Å²) in [7, 11) is 0. The molecule has 0 amide bonds. The molecule has 3 heteroatoms. The van der Waals surface area contributed by atoms with Crippen LogP contribution in [0.25, 0.3) is 11.1 Å². The van der Waals surface area contributed by atoms with Crippen LogP contribution < -0.4 is 0 Å². The van der Waals surface area contributed by atoms with Gasteiger partial charge in [0.1, 0.15) is 0 Å². The van der Waals surface area contributed by atoms with Gasteiger partial charge in [0.2, 0.25) is 5.75 Å². The van der Waals surface area contributed by atoms with Crippen molar-refractivity contribution in [2.75, 3.05) is 0 Å². The van der Waals surface area contributed by atoms with Crippen molar-refractivity contribution in [2.45, 2.75) is 20.8 Å². The van der Waals surface area contributed by atoms with Crippen LogP contribution in [-0.4, -0.2) is 15.3 Å². The van der Waals surface area contributed by atoms with Gasteiger partial charge in [-0.1, -0.05) is 12.1 Å². The van der Waals surface area contributed by atoms with E-state index in [0.29, 0.717) is 5.56 Å². The quantitative estimate of drug-likeness (QED) is 0.674. The molecular weight excluding hydrogens is 228 g/mol. The van der Waals surface area contributed by atoms with Crippen LogP contribution in [-0.2, 0) is 0 Å². The van der Waals surface area contributed by atoms with Crippen LogP contribution in [0.1, 0.15) is 16.7 Å². The number of aromatic hydroxyl groups is 3. The largest absolute Gasteiger partial charge is 0.504 e.